The minimum Gasteiger partial charge on any atom is -0.399 e. The summed E-state index contributed by atoms with van der Waals surface area (Å²) in [7, 11) is 2.65. The van der Waals surface area contributed by atoms with Crippen LogP contribution in [0.4, 0.5) is 0 Å². The summed E-state index contributed by atoms with van der Waals surface area (Å²) in [5.41, 5.74) is 0. The maximum atomic E-state index is 5.92. The lowest BCUT2D eigenvalue weighted by Crippen LogP contribution is -2.38. The third-order valence-electron chi connectivity index (χ3n) is 1.34. The summed E-state index contributed by atoms with van der Waals surface area (Å²) in [6.07, 6.45) is 4.25. The quantitative estimate of drug-likeness (QED) is 0.380. The molecule has 0 aromatic rings. The van der Waals surface area contributed by atoms with E-state index in [9.17, 15) is 0 Å². The Labute approximate surface area is 77.3 Å². The van der Waals surface area contributed by atoms with E-state index in [1.165, 1.54) is 0 Å². The van der Waals surface area contributed by atoms with Crippen LogP contribution in [0.5, 0.6) is 0 Å². The maximum Gasteiger partial charge on any atom is 0.186 e. The highest BCUT2D eigenvalue weighted by atomic mass is 28.4. The van der Waals surface area contributed by atoms with Crippen molar-refractivity contribution in [2.24, 2.45) is 0 Å². The average Bonchev–Trinajstić information content (AvgIpc) is 1.83. The molecule has 0 saturated carbocycles. The van der Waals surface area contributed by atoms with Crippen molar-refractivity contribution >= 4 is 8.32 Å². The van der Waals surface area contributed by atoms with Crippen LogP contribution < -0.4 is 0 Å². The first kappa shape index (κ1) is 11.9. The molecule has 12 heavy (non-hydrogen) atoms. The topological polar surface area (TPSA) is 12.5 Å². The molecule has 0 spiro atoms. The van der Waals surface area contributed by atoms with E-state index in [-0.39, 0.29) is 6.23 Å². The Morgan fingerprint density at radius 2 is 1.75 bits per heavy atom. The fourth-order valence-corrected chi connectivity index (χ4v) is 1.86. The van der Waals surface area contributed by atoms with E-state index in [0.717, 1.165) is 0 Å². The van der Waals surface area contributed by atoms with Crippen molar-refractivity contribution in [2.75, 3.05) is 14.1 Å². The fraction of sp³-hybridized carbons (Fsp3) is 0.778. The highest BCUT2D eigenvalue weighted by Gasteiger charge is 2.20. The highest BCUT2D eigenvalue weighted by Crippen LogP contribution is 2.09. The summed E-state index contributed by atoms with van der Waals surface area (Å²) in [6.45, 7) is 8.62. The van der Waals surface area contributed by atoms with Crippen LogP contribution in [0.2, 0.25) is 19.6 Å². The first-order valence-electron chi connectivity index (χ1n) is 4.34. The first-order chi connectivity index (χ1) is 5.37. The lowest BCUT2D eigenvalue weighted by Gasteiger charge is -2.28. The molecule has 0 bridgehead atoms. The molecule has 72 valence electrons. The minimum atomic E-state index is -1.41. The Morgan fingerprint density at radius 3 is 2.00 bits per heavy atom. The zero-order valence-corrected chi connectivity index (χ0v) is 10.1. The van der Waals surface area contributed by atoms with Gasteiger partial charge in [-0.1, -0.05) is 6.08 Å². The number of rotatable bonds is 4. The summed E-state index contributed by atoms with van der Waals surface area (Å²) < 4.78 is 5.92. The normalized spacial score (nSPS) is 15.9. The van der Waals surface area contributed by atoms with Crippen molar-refractivity contribution < 1.29 is 4.43 Å². The standard InChI is InChI=1S/C9H21NOSi/c1-7-8-9(10(2)3)11-12(4,5)6/h7-9H,1-6H3. The van der Waals surface area contributed by atoms with Gasteiger partial charge in [-0.05, 0) is 46.7 Å². The van der Waals surface area contributed by atoms with Gasteiger partial charge < -0.3 is 4.43 Å². The highest BCUT2D eigenvalue weighted by molar-refractivity contribution is 6.69. The summed E-state index contributed by atoms with van der Waals surface area (Å²) in [4.78, 5) is 2.08. The van der Waals surface area contributed by atoms with Gasteiger partial charge in [-0.15, -0.1) is 0 Å². The van der Waals surface area contributed by atoms with Crippen molar-refractivity contribution in [2.45, 2.75) is 32.8 Å². The van der Waals surface area contributed by atoms with Crippen LogP contribution in [-0.4, -0.2) is 33.5 Å². The Balaban J connectivity index is 4.14. The van der Waals surface area contributed by atoms with Crippen molar-refractivity contribution in [3.63, 3.8) is 0 Å². The number of likely N-dealkylation sites (N-methyl/N-ethyl adjacent to an activating group) is 1. The lowest BCUT2D eigenvalue weighted by molar-refractivity contribution is 0.100. The van der Waals surface area contributed by atoms with Gasteiger partial charge in [0.25, 0.3) is 0 Å². The van der Waals surface area contributed by atoms with Crippen LogP contribution in [0.25, 0.3) is 0 Å². The van der Waals surface area contributed by atoms with Gasteiger partial charge >= 0.3 is 0 Å². The second-order valence-corrected chi connectivity index (χ2v) is 8.57. The fourth-order valence-electron chi connectivity index (χ4n) is 0.844. The van der Waals surface area contributed by atoms with Gasteiger partial charge in [-0.2, -0.15) is 0 Å². The molecule has 0 amide bonds. The van der Waals surface area contributed by atoms with E-state index in [1.807, 2.05) is 27.1 Å². The molecule has 0 saturated heterocycles. The van der Waals surface area contributed by atoms with Crippen LogP contribution in [0.15, 0.2) is 12.2 Å². The van der Waals surface area contributed by atoms with Crippen LogP contribution >= 0.6 is 0 Å². The maximum absolute atomic E-state index is 5.92. The van der Waals surface area contributed by atoms with Crippen LogP contribution in [0.1, 0.15) is 6.92 Å². The van der Waals surface area contributed by atoms with E-state index < -0.39 is 8.32 Å². The molecule has 0 aliphatic carbocycles. The van der Waals surface area contributed by atoms with Gasteiger partial charge in [0.05, 0.1) is 0 Å². The second kappa shape index (κ2) is 4.79. The van der Waals surface area contributed by atoms with Gasteiger partial charge in [0.2, 0.25) is 0 Å². The van der Waals surface area contributed by atoms with E-state index in [4.69, 9.17) is 4.43 Å². The molecular weight excluding hydrogens is 166 g/mol. The summed E-state index contributed by atoms with van der Waals surface area (Å²) in [5, 5.41) is 0. The van der Waals surface area contributed by atoms with E-state index >= 15 is 0 Å². The molecule has 0 aliphatic heterocycles. The summed E-state index contributed by atoms with van der Waals surface area (Å²) in [5.74, 6) is 0. The summed E-state index contributed by atoms with van der Waals surface area (Å²) >= 11 is 0. The number of hydrogen-bond acceptors (Lipinski definition) is 2. The predicted octanol–water partition coefficient (Wildman–Crippen LogP) is 2.30. The molecule has 1 atom stereocenters. The van der Waals surface area contributed by atoms with Gasteiger partial charge in [-0.25, -0.2) is 0 Å². The van der Waals surface area contributed by atoms with E-state index in [2.05, 4.69) is 30.6 Å². The van der Waals surface area contributed by atoms with Gasteiger partial charge in [-0.3, -0.25) is 4.90 Å². The zero-order valence-electron chi connectivity index (χ0n) is 9.09. The molecule has 2 nitrogen and oxygen atoms in total. The van der Waals surface area contributed by atoms with Gasteiger partial charge in [0.15, 0.2) is 8.32 Å². The van der Waals surface area contributed by atoms with E-state index in [1.54, 1.807) is 0 Å². The Hall–Kier alpha value is -0.123. The van der Waals surface area contributed by atoms with Crippen molar-refractivity contribution in [3.8, 4) is 0 Å². The third kappa shape index (κ3) is 5.52. The molecule has 0 fully saturated rings. The number of allylic oxidation sites excluding steroid dienone is 1. The van der Waals surface area contributed by atoms with Crippen LogP contribution in [-0.2, 0) is 4.43 Å². The van der Waals surface area contributed by atoms with Gasteiger partial charge in [0.1, 0.15) is 6.23 Å². The Kier molecular flexibility index (Phi) is 4.75. The molecule has 0 aromatic carbocycles. The van der Waals surface area contributed by atoms with Crippen molar-refractivity contribution in [3.05, 3.63) is 12.2 Å². The third-order valence-corrected chi connectivity index (χ3v) is 2.29. The predicted molar refractivity (Wildman–Crippen MR) is 56.7 cm³/mol. The summed E-state index contributed by atoms with van der Waals surface area (Å²) in [6, 6.07) is 0. The number of nitrogens with zero attached hydrogens (tertiary/aromatic N) is 1. The monoisotopic (exact) mass is 187 g/mol. The molecule has 0 heterocycles. The molecular formula is C9H21NOSi. The zero-order chi connectivity index (χ0) is 9.78. The van der Waals surface area contributed by atoms with Gasteiger partial charge in [0, 0.05) is 0 Å². The van der Waals surface area contributed by atoms with E-state index in [0.29, 0.717) is 0 Å². The Bertz CT molecular complexity index is 149. The van der Waals surface area contributed by atoms with Crippen molar-refractivity contribution in [1.29, 1.82) is 0 Å². The molecule has 0 radical (unpaired) electrons. The van der Waals surface area contributed by atoms with Crippen molar-refractivity contribution in [1.82, 2.24) is 4.90 Å². The minimum absolute atomic E-state index is 0.140. The Morgan fingerprint density at radius 1 is 1.25 bits per heavy atom. The molecule has 0 N–H and O–H groups in total. The molecule has 0 aromatic heterocycles. The lowest BCUT2D eigenvalue weighted by atomic mass is 10.4. The molecule has 0 rings (SSSR count). The largest absolute Gasteiger partial charge is 0.399 e. The first-order valence-corrected chi connectivity index (χ1v) is 7.74. The SMILES string of the molecule is CC=CC(O[Si](C)(C)C)N(C)C. The molecule has 1 unspecified atom stereocenters. The molecule has 0 aliphatic rings. The molecule has 3 heteroatoms. The van der Waals surface area contributed by atoms with Crippen LogP contribution in [0, 0.1) is 0 Å². The second-order valence-electron chi connectivity index (χ2n) is 4.11. The van der Waals surface area contributed by atoms with Crippen LogP contribution in [0.3, 0.4) is 0 Å². The average molecular weight is 187 g/mol. The number of hydrogen-bond donors (Lipinski definition) is 0. The smallest absolute Gasteiger partial charge is 0.186 e.